The molecule has 0 atom stereocenters. The fourth-order valence-corrected chi connectivity index (χ4v) is 2.85. The third-order valence-corrected chi connectivity index (χ3v) is 4.00. The Labute approximate surface area is 113 Å². The van der Waals surface area contributed by atoms with Crippen molar-refractivity contribution in [3.63, 3.8) is 0 Å². The predicted molar refractivity (Wildman–Crippen MR) is 69.2 cm³/mol. The van der Waals surface area contributed by atoms with Crippen LogP contribution in [0.4, 0.5) is 0 Å². The summed E-state index contributed by atoms with van der Waals surface area (Å²) < 4.78 is 28.6. The molecule has 0 saturated carbocycles. The molecule has 0 aromatic carbocycles. The molecule has 0 aliphatic heterocycles. The number of hydrogen-bond donors (Lipinski definition) is 1. The Kier molecular flexibility index (Phi) is 3.79. The molecule has 0 aliphatic carbocycles. The van der Waals surface area contributed by atoms with Gasteiger partial charge in [0.25, 0.3) is 0 Å². The molecule has 8 heteroatoms. The van der Waals surface area contributed by atoms with E-state index in [2.05, 4.69) is 30.7 Å². The number of nitrogens with one attached hydrogen (secondary N) is 1. The molecule has 2 aromatic heterocycles. The van der Waals surface area contributed by atoms with Crippen LogP contribution in [0, 0.1) is 0 Å². The van der Waals surface area contributed by atoms with Crippen molar-refractivity contribution in [1.29, 1.82) is 0 Å². The summed E-state index contributed by atoms with van der Waals surface area (Å²) in [5.41, 5.74) is 0.657. The Bertz CT molecular complexity index is 653. The van der Waals surface area contributed by atoms with Crippen LogP contribution in [-0.2, 0) is 23.6 Å². The molecule has 0 spiro atoms. The second-order valence-electron chi connectivity index (χ2n) is 3.64. The van der Waals surface area contributed by atoms with Gasteiger partial charge in [-0.15, -0.1) is 0 Å². The first-order valence-electron chi connectivity index (χ1n) is 5.06. The van der Waals surface area contributed by atoms with Crippen molar-refractivity contribution in [2.24, 2.45) is 7.05 Å². The van der Waals surface area contributed by atoms with Crippen molar-refractivity contribution in [3.8, 4) is 0 Å². The Morgan fingerprint density at radius 2 is 2.22 bits per heavy atom. The number of sulfonamides is 1. The zero-order valence-corrected chi connectivity index (χ0v) is 11.9. The van der Waals surface area contributed by atoms with E-state index in [9.17, 15) is 8.42 Å². The normalized spacial score (nSPS) is 11.7. The fraction of sp³-hybridized carbons (Fsp3) is 0.200. The van der Waals surface area contributed by atoms with E-state index in [-0.39, 0.29) is 11.4 Å². The lowest BCUT2D eigenvalue weighted by Gasteiger charge is -2.05. The molecule has 2 heterocycles. The highest BCUT2D eigenvalue weighted by Crippen LogP contribution is 2.14. The molecule has 6 nitrogen and oxygen atoms in total. The second-order valence-corrected chi connectivity index (χ2v) is 6.33. The molecule has 0 radical (unpaired) electrons. The van der Waals surface area contributed by atoms with Crippen LogP contribution in [0.2, 0.25) is 0 Å². The number of aryl methyl sites for hydroxylation is 1. The van der Waals surface area contributed by atoms with Crippen LogP contribution >= 0.6 is 15.9 Å². The summed E-state index contributed by atoms with van der Waals surface area (Å²) in [7, 11) is -1.79. The third-order valence-electron chi connectivity index (χ3n) is 2.20. The molecule has 2 rings (SSSR count). The molecule has 0 unspecified atom stereocenters. The van der Waals surface area contributed by atoms with Gasteiger partial charge in [0.15, 0.2) is 0 Å². The maximum atomic E-state index is 12.0. The number of hydrogen-bond acceptors (Lipinski definition) is 4. The van der Waals surface area contributed by atoms with Crippen LogP contribution in [0.15, 0.2) is 40.1 Å². The Hall–Kier alpha value is -1.25. The van der Waals surface area contributed by atoms with Gasteiger partial charge >= 0.3 is 0 Å². The van der Waals surface area contributed by atoms with Crippen molar-refractivity contribution in [1.82, 2.24) is 19.5 Å². The topological polar surface area (TPSA) is 76.9 Å². The number of rotatable bonds is 4. The average molecular weight is 331 g/mol. The Balaban J connectivity index is 2.13. The lowest BCUT2D eigenvalue weighted by molar-refractivity contribution is 0.579. The molecule has 0 amide bonds. The van der Waals surface area contributed by atoms with Crippen molar-refractivity contribution in [2.75, 3.05) is 0 Å². The molecule has 0 aliphatic rings. The summed E-state index contributed by atoms with van der Waals surface area (Å²) in [6, 6.07) is 3.25. The van der Waals surface area contributed by atoms with Gasteiger partial charge < -0.3 is 0 Å². The van der Waals surface area contributed by atoms with Crippen molar-refractivity contribution in [3.05, 3.63) is 40.9 Å². The van der Waals surface area contributed by atoms with E-state index >= 15 is 0 Å². The van der Waals surface area contributed by atoms with Crippen LogP contribution in [-0.4, -0.2) is 23.2 Å². The molecule has 0 fully saturated rings. The van der Waals surface area contributed by atoms with Crippen molar-refractivity contribution < 1.29 is 8.42 Å². The molecule has 2 aromatic rings. The number of nitrogens with zero attached hydrogens (tertiary/aromatic N) is 3. The average Bonchev–Trinajstić information content (AvgIpc) is 2.73. The zero-order valence-electron chi connectivity index (χ0n) is 9.54. The summed E-state index contributed by atoms with van der Waals surface area (Å²) in [6.45, 7) is 0.148. The second kappa shape index (κ2) is 5.17. The first-order chi connectivity index (χ1) is 8.47. The largest absolute Gasteiger partial charge is 0.276 e. The highest BCUT2D eigenvalue weighted by Gasteiger charge is 2.14. The minimum atomic E-state index is -3.56. The number of halogens is 1. The standard InChI is InChI=1S/C10H11BrN4O2S/c1-15-3-2-9(14-15)6-13-18(16,17)10-4-8(11)5-12-7-10/h2-5,7,13H,6H2,1H3. The molecule has 96 valence electrons. The van der Waals surface area contributed by atoms with E-state index in [0.29, 0.717) is 10.2 Å². The summed E-state index contributed by atoms with van der Waals surface area (Å²) in [5.74, 6) is 0. The van der Waals surface area contributed by atoms with E-state index in [1.54, 1.807) is 24.0 Å². The lowest BCUT2D eigenvalue weighted by atomic mass is 10.4. The van der Waals surface area contributed by atoms with E-state index in [4.69, 9.17) is 0 Å². The van der Waals surface area contributed by atoms with Crippen LogP contribution < -0.4 is 4.72 Å². The van der Waals surface area contributed by atoms with E-state index in [0.717, 1.165) is 0 Å². The molecule has 0 bridgehead atoms. The summed E-state index contributed by atoms with van der Waals surface area (Å²) in [6.07, 6.45) is 4.58. The van der Waals surface area contributed by atoms with E-state index < -0.39 is 10.0 Å². The summed E-state index contributed by atoms with van der Waals surface area (Å²) >= 11 is 3.18. The van der Waals surface area contributed by atoms with Gasteiger partial charge in [0.1, 0.15) is 4.90 Å². The van der Waals surface area contributed by atoms with Crippen LogP contribution in [0.5, 0.6) is 0 Å². The monoisotopic (exact) mass is 330 g/mol. The first-order valence-corrected chi connectivity index (χ1v) is 7.34. The molecular formula is C10H11BrN4O2S. The molecular weight excluding hydrogens is 320 g/mol. The fourth-order valence-electron chi connectivity index (χ4n) is 1.35. The van der Waals surface area contributed by atoms with Gasteiger partial charge in [-0.25, -0.2) is 13.1 Å². The minimum Gasteiger partial charge on any atom is -0.276 e. The van der Waals surface area contributed by atoms with Gasteiger partial charge in [-0.1, -0.05) is 0 Å². The van der Waals surface area contributed by atoms with E-state index in [1.807, 2.05) is 0 Å². The van der Waals surface area contributed by atoms with Crippen LogP contribution in [0.3, 0.4) is 0 Å². The molecule has 0 saturated heterocycles. The highest BCUT2D eigenvalue weighted by atomic mass is 79.9. The summed E-state index contributed by atoms with van der Waals surface area (Å²) in [5, 5.41) is 4.09. The van der Waals surface area contributed by atoms with E-state index in [1.165, 1.54) is 18.5 Å². The van der Waals surface area contributed by atoms with Gasteiger partial charge in [-0.2, -0.15) is 5.10 Å². The van der Waals surface area contributed by atoms with Crippen LogP contribution in [0.25, 0.3) is 0 Å². The third kappa shape index (κ3) is 3.15. The minimum absolute atomic E-state index is 0.118. The van der Waals surface area contributed by atoms with Gasteiger partial charge in [0, 0.05) is 30.1 Å². The summed E-state index contributed by atoms with van der Waals surface area (Å²) in [4.78, 5) is 3.94. The lowest BCUT2D eigenvalue weighted by Crippen LogP contribution is -2.23. The van der Waals surface area contributed by atoms with Gasteiger partial charge in [-0.3, -0.25) is 9.67 Å². The SMILES string of the molecule is Cn1ccc(CNS(=O)(=O)c2cncc(Br)c2)n1. The Morgan fingerprint density at radius 3 is 2.83 bits per heavy atom. The number of pyridine rings is 1. The smallest absolute Gasteiger partial charge is 0.242 e. The van der Waals surface area contributed by atoms with Crippen molar-refractivity contribution in [2.45, 2.75) is 11.4 Å². The predicted octanol–water partition coefficient (Wildman–Crippen LogP) is 1.06. The molecule has 18 heavy (non-hydrogen) atoms. The maximum Gasteiger partial charge on any atom is 0.242 e. The van der Waals surface area contributed by atoms with Gasteiger partial charge in [0.2, 0.25) is 10.0 Å². The van der Waals surface area contributed by atoms with Crippen LogP contribution in [0.1, 0.15) is 5.69 Å². The highest BCUT2D eigenvalue weighted by molar-refractivity contribution is 9.10. The van der Waals surface area contributed by atoms with Gasteiger partial charge in [-0.05, 0) is 28.1 Å². The molecule has 1 N–H and O–H groups in total. The quantitative estimate of drug-likeness (QED) is 0.909. The first kappa shape index (κ1) is 13.2. The maximum absolute atomic E-state index is 12.0. The van der Waals surface area contributed by atoms with Gasteiger partial charge in [0.05, 0.1) is 12.2 Å². The Morgan fingerprint density at radius 1 is 1.44 bits per heavy atom. The zero-order chi connectivity index (χ0) is 13.2. The van der Waals surface area contributed by atoms with Crippen molar-refractivity contribution >= 4 is 26.0 Å². The number of aromatic nitrogens is 3.